The van der Waals surface area contributed by atoms with Crippen molar-refractivity contribution in [3.8, 4) is 0 Å². The summed E-state index contributed by atoms with van der Waals surface area (Å²) in [4.78, 5) is 69.7. The molecule has 0 bridgehead atoms. The summed E-state index contributed by atoms with van der Waals surface area (Å²) in [7, 11) is 0. The zero-order valence-corrected chi connectivity index (χ0v) is 50.0. The number of hydrogen-bond donors (Lipinski definition) is 5. The predicted octanol–water partition coefficient (Wildman–Crippen LogP) is 10.5. The van der Waals surface area contributed by atoms with Gasteiger partial charge in [0.2, 0.25) is 29.5 Å². The van der Waals surface area contributed by atoms with Crippen LogP contribution in [-0.4, -0.2) is 134 Å². The zero-order chi connectivity index (χ0) is 56.2. The molecular formula is C64H113N5O9. The monoisotopic (exact) mass is 1100 g/mol. The highest BCUT2D eigenvalue weighted by Crippen LogP contribution is 2.68. The number of nitrogens with zero attached hydrogens (tertiary/aromatic N) is 2. The Labute approximate surface area is 473 Å². The minimum absolute atomic E-state index is 0.00219. The quantitative estimate of drug-likeness (QED) is 0.0295. The average Bonchev–Trinajstić information content (AvgIpc) is 3.93. The van der Waals surface area contributed by atoms with Gasteiger partial charge in [0.15, 0.2) is 0 Å². The predicted molar refractivity (Wildman–Crippen MR) is 311 cm³/mol. The Bertz CT molecular complexity index is 1800. The largest absolute Gasteiger partial charge is 0.396 e. The van der Waals surface area contributed by atoms with Crippen molar-refractivity contribution in [3.63, 3.8) is 0 Å². The van der Waals surface area contributed by atoms with Crippen molar-refractivity contribution in [2.75, 3.05) is 72.4 Å². The van der Waals surface area contributed by atoms with Crippen molar-refractivity contribution in [1.82, 2.24) is 25.8 Å². The molecule has 4 aliphatic carbocycles. The Balaban J connectivity index is 1.02. The summed E-state index contributed by atoms with van der Waals surface area (Å²) in [5.74, 6) is 3.09. The van der Waals surface area contributed by atoms with E-state index >= 15 is 0 Å². The van der Waals surface area contributed by atoms with Gasteiger partial charge in [-0.05, 0) is 169 Å². The van der Waals surface area contributed by atoms with Gasteiger partial charge >= 0.3 is 0 Å². The maximum Gasteiger partial charge on any atom is 0.239 e. The second-order valence-electron chi connectivity index (χ2n) is 25.5. The standard InChI is InChI=1S/C64H113N5O9/c1-6-8-9-10-11-12-13-14-15-16-17-18-19-20-22-25-58(72)67-52-33-35-63(4)51(43-52)28-29-54-56-31-30-55(64(56,5)36-34-57(54)63)49(3)27-32-61(75)68(46-60(74)66-38-39-78-41-40-77-7-2)45-59(73)65-37-24-21-23-26-62(76)69-44-50(47-70)42-53(69)48-71/h14-15,49-57,70-71H,6-13,16-48H2,1-5H3,(H,65,73)(H,66,74)(H,67,72)/b15-14-/t49-,50-,51?,52+,53+,54?,55-,56?,57?,63+,64-/m1/s1. The minimum atomic E-state index is -0.331. The van der Waals surface area contributed by atoms with Crippen LogP contribution < -0.4 is 16.0 Å². The molecule has 1 heterocycles. The number of likely N-dealkylation sites (tertiary alicyclic amines) is 1. The van der Waals surface area contributed by atoms with Gasteiger partial charge in [0.05, 0.1) is 32.5 Å². The number of aliphatic hydroxyl groups is 2. The molecule has 448 valence electrons. The highest BCUT2D eigenvalue weighted by atomic mass is 16.5. The minimum Gasteiger partial charge on any atom is -0.396 e. The molecule has 14 heteroatoms. The van der Waals surface area contributed by atoms with Crippen molar-refractivity contribution in [2.45, 2.75) is 239 Å². The first-order valence-electron chi connectivity index (χ1n) is 32.2. The molecule has 78 heavy (non-hydrogen) atoms. The zero-order valence-electron chi connectivity index (χ0n) is 50.0. The first kappa shape index (κ1) is 65.7. The second-order valence-corrected chi connectivity index (χ2v) is 25.5. The van der Waals surface area contributed by atoms with E-state index in [1.54, 1.807) is 4.90 Å². The summed E-state index contributed by atoms with van der Waals surface area (Å²) in [6, 6.07) is 0.0667. The summed E-state index contributed by atoms with van der Waals surface area (Å²) in [5.41, 5.74) is 0.563. The normalized spacial score (nSPS) is 28.0. The Hall–Kier alpha value is -3.07. The van der Waals surface area contributed by atoms with Gasteiger partial charge in [-0.15, -0.1) is 0 Å². The molecule has 5 fully saturated rings. The molecule has 1 aliphatic heterocycles. The first-order chi connectivity index (χ1) is 37.8. The van der Waals surface area contributed by atoms with Crippen LogP contribution >= 0.6 is 0 Å². The topological polar surface area (TPSA) is 187 Å². The number of aliphatic hydroxyl groups excluding tert-OH is 2. The molecule has 0 aromatic rings. The third kappa shape index (κ3) is 20.7. The van der Waals surface area contributed by atoms with Gasteiger partial charge < -0.3 is 45.4 Å². The molecule has 5 N–H and O–H groups in total. The van der Waals surface area contributed by atoms with Crippen molar-refractivity contribution in [1.29, 1.82) is 0 Å². The molecule has 0 spiro atoms. The summed E-state index contributed by atoms with van der Waals surface area (Å²) in [5, 5.41) is 28.6. The molecule has 0 radical (unpaired) electrons. The SMILES string of the molecule is CCCCCCCC/C=C\CCCCCCCC(=O)N[C@H]1CC[C@@]2(C)C(CCC3C2CC[C@@]2(C)C3CC[C@@H]2[C@H](C)CCC(=O)N(CC(=O)NCCCCCC(=O)N2C[C@H](CO)C[C@H]2CO)CC(=O)NCCOCCOCC)C1. The number of carbonyl (C=O) groups is 5. The number of nitrogens with one attached hydrogen (secondary N) is 3. The Morgan fingerprint density at radius 1 is 0.654 bits per heavy atom. The van der Waals surface area contributed by atoms with Crippen molar-refractivity contribution in [2.24, 2.45) is 52.3 Å². The molecule has 0 aromatic carbocycles. The number of fused-ring (bicyclic) bond motifs is 5. The van der Waals surface area contributed by atoms with Crippen LogP contribution in [0.3, 0.4) is 0 Å². The summed E-state index contributed by atoms with van der Waals surface area (Å²) in [6.07, 6.45) is 36.8. The highest BCUT2D eigenvalue weighted by molar-refractivity contribution is 5.89. The third-order valence-electron chi connectivity index (χ3n) is 20.1. The Morgan fingerprint density at radius 3 is 2.00 bits per heavy atom. The van der Waals surface area contributed by atoms with E-state index in [0.717, 1.165) is 43.9 Å². The lowest BCUT2D eigenvalue weighted by molar-refractivity contribution is -0.140. The summed E-state index contributed by atoms with van der Waals surface area (Å²) < 4.78 is 10.9. The molecule has 11 atom stereocenters. The van der Waals surface area contributed by atoms with Crippen LogP contribution in [0.25, 0.3) is 0 Å². The molecule has 5 rings (SSSR count). The fourth-order valence-electron chi connectivity index (χ4n) is 15.6. The second kappa shape index (κ2) is 35.7. The van der Waals surface area contributed by atoms with Gasteiger partial charge in [0, 0.05) is 64.1 Å². The van der Waals surface area contributed by atoms with Crippen molar-refractivity contribution < 1.29 is 43.7 Å². The molecule has 4 saturated carbocycles. The van der Waals surface area contributed by atoms with E-state index in [1.807, 2.05) is 6.92 Å². The number of rotatable bonds is 39. The fraction of sp³-hybridized carbons (Fsp3) is 0.891. The van der Waals surface area contributed by atoms with Gasteiger partial charge in [-0.25, -0.2) is 0 Å². The fourth-order valence-corrected chi connectivity index (χ4v) is 15.6. The number of carbonyl (C=O) groups excluding carboxylic acids is 5. The van der Waals surface area contributed by atoms with Crippen LogP contribution in [0.4, 0.5) is 0 Å². The van der Waals surface area contributed by atoms with E-state index in [2.05, 4.69) is 55.8 Å². The third-order valence-corrected chi connectivity index (χ3v) is 20.1. The smallest absolute Gasteiger partial charge is 0.239 e. The summed E-state index contributed by atoms with van der Waals surface area (Å²) >= 11 is 0. The highest BCUT2D eigenvalue weighted by Gasteiger charge is 2.60. The summed E-state index contributed by atoms with van der Waals surface area (Å²) in [6.45, 7) is 14.2. The van der Waals surface area contributed by atoms with Gasteiger partial charge in [-0.3, -0.25) is 24.0 Å². The van der Waals surface area contributed by atoms with Gasteiger partial charge in [-0.1, -0.05) is 97.6 Å². The molecule has 0 aromatic heterocycles. The van der Waals surface area contributed by atoms with Gasteiger partial charge in [0.1, 0.15) is 13.1 Å². The number of amides is 5. The van der Waals surface area contributed by atoms with Crippen molar-refractivity contribution >= 4 is 29.5 Å². The Morgan fingerprint density at radius 2 is 1.29 bits per heavy atom. The van der Waals surface area contributed by atoms with Crippen LogP contribution in [0.2, 0.25) is 0 Å². The number of ether oxygens (including phenoxy) is 2. The van der Waals surface area contributed by atoms with E-state index in [0.29, 0.717) is 120 Å². The maximum atomic E-state index is 14.1. The van der Waals surface area contributed by atoms with Gasteiger partial charge in [0.25, 0.3) is 0 Å². The Kier molecular flexibility index (Phi) is 30.1. The van der Waals surface area contributed by atoms with Crippen LogP contribution in [0.5, 0.6) is 0 Å². The average molecular weight is 1100 g/mol. The molecule has 5 aliphatic rings. The van der Waals surface area contributed by atoms with Gasteiger partial charge in [-0.2, -0.15) is 0 Å². The van der Waals surface area contributed by atoms with Crippen LogP contribution in [-0.2, 0) is 33.4 Å². The van der Waals surface area contributed by atoms with Crippen molar-refractivity contribution in [3.05, 3.63) is 12.2 Å². The molecular weight excluding hydrogens is 983 g/mol. The van der Waals surface area contributed by atoms with E-state index in [1.165, 1.54) is 120 Å². The number of hydrogen-bond acceptors (Lipinski definition) is 9. The van der Waals surface area contributed by atoms with E-state index in [-0.39, 0.29) is 79.6 Å². The van der Waals surface area contributed by atoms with E-state index in [9.17, 15) is 34.2 Å². The lowest BCUT2D eigenvalue weighted by atomic mass is 9.44. The molecule has 5 amide bonds. The first-order valence-corrected chi connectivity index (χ1v) is 32.2. The molecule has 14 nitrogen and oxygen atoms in total. The number of allylic oxidation sites excluding steroid dienone is 2. The lowest BCUT2D eigenvalue weighted by Gasteiger charge is -2.61. The van der Waals surface area contributed by atoms with E-state index in [4.69, 9.17) is 9.47 Å². The molecule has 4 unspecified atom stereocenters. The number of unbranched alkanes of at least 4 members (excludes halogenated alkanes) is 13. The van der Waals surface area contributed by atoms with Crippen LogP contribution in [0.1, 0.15) is 227 Å². The maximum absolute atomic E-state index is 14.1. The lowest BCUT2D eigenvalue weighted by Crippen LogP contribution is -2.55. The van der Waals surface area contributed by atoms with Crippen LogP contribution in [0.15, 0.2) is 12.2 Å². The van der Waals surface area contributed by atoms with Crippen LogP contribution in [0, 0.1) is 52.3 Å². The van der Waals surface area contributed by atoms with E-state index < -0.39 is 0 Å². The molecule has 1 saturated heterocycles.